The van der Waals surface area contributed by atoms with Crippen LogP contribution in [0.5, 0.6) is 0 Å². The number of benzene rings is 1. The Morgan fingerprint density at radius 3 is 2.79 bits per heavy atom. The van der Waals surface area contributed by atoms with Crippen molar-refractivity contribution in [2.45, 2.75) is 12.5 Å². The highest BCUT2D eigenvalue weighted by Crippen LogP contribution is 2.21. The molecule has 19 heavy (non-hydrogen) atoms. The molecule has 0 bridgehead atoms. The number of carboxylic acids is 1. The summed E-state index contributed by atoms with van der Waals surface area (Å²) in [5.74, 6) is -1.05. The van der Waals surface area contributed by atoms with E-state index >= 15 is 0 Å². The van der Waals surface area contributed by atoms with Crippen LogP contribution in [-0.2, 0) is 0 Å². The lowest BCUT2D eigenvalue weighted by molar-refractivity contribution is 0.0696. The van der Waals surface area contributed by atoms with Crippen LogP contribution in [0, 0.1) is 0 Å². The molecule has 1 aliphatic rings. The van der Waals surface area contributed by atoms with Gasteiger partial charge in [0.15, 0.2) is 0 Å². The minimum absolute atomic E-state index is 0.0187. The van der Waals surface area contributed by atoms with Gasteiger partial charge >= 0.3 is 12.0 Å². The first kappa shape index (κ1) is 13.8. The molecule has 6 nitrogen and oxygen atoms in total. The number of halogens is 1. The molecule has 0 radical (unpaired) electrons. The Kier molecular flexibility index (Phi) is 4.06. The van der Waals surface area contributed by atoms with Gasteiger partial charge < -0.3 is 21.1 Å². The smallest absolute Gasteiger partial charge is 0.336 e. The van der Waals surface area contributed by atoms with Crippen LogP contribution < -0.4 is 11.1 Å². The topological polar surface area (TPSA) is 95.7 Å². The summed E-state index contributed by atoms with van der Waals surface area (Å²) < 4.78 is 0.473. The number of nitrogens with one attached hydrogen (secondary N) is 1. The Hall–Kier alpha value is -1.60. The molecule has 1 aromatic carbocycles. The van der Waals surface area contributed by atoms with Crippen molar-refractivity contribution >= 4 is 33.6 Å². The van der Waals surface area contributed by atoms with Gasteiger partial charge in [0.2, 0.25) is 0 Å². The van der Waals surface area contributed by atoms with E-state index in [1.54, 1.807) is 17.0 Å². The number of nitrogens with zero attached hydrogens (tertiary/aromatic N) is 1. The molecule has 1 heterocycles. The van der Waals surface area contributed by atoms with E-state index in [9.17, 15) is 9.59 Å². The molecule has 4 N–H and O–H groups in total. The molecule has 2 rings (SSSR count). The molecule has 102 valence electrons. The lowest BCUT2D eigenvalue weighted by Crippen LogP contribution is -2.35. The zero-order chi connectivity index (χ0) is 14.0. The van der Waals surface area contributed by atoms with Gasteiger partial charge in [-0.05, 0) is 40.5 Å². The fraction of sp³-hybridized carbons (Fsp3) is 0.333. The van der Waals surface area contributed by atoms with Crippen LogP contribution in [0.15, 0.2) is 22.7 Å². The quantitative estimate of drug-likeness (QED) is 0.770. The van der Waals surface area contributed by atoms with Gasteiger partial charge in [0.1, 0.15) is 0 Å². The number of carbonyl (C=O) groups is 2. The van der Waals surface area contributed by atoms with E-state index in [4.69, 9.17) is 10.8 Å². The summed E-state index contributed by atoms with van der Waals surface area (Å²) in [6.45, 7) is 1.14. The van der Waals surface area contributed by atoms with E-state index < -0.39 is 5.97 Å². The first-order valence-electron chi connectivity index (χ1n) is 5.81. The predicted molar refractivity (Wildman–Crippen MR) is 74.3 cm³/mol. The second kappa shape index (κ2) is 5.58. The highest BCUT2D eigenvalue weighted by Gasteiger charge is 2.23. The second-order valence-corrected chi connectivity index (χ2v) is 5.28. The van der Waals surface area contributed by atoms with Gasteiger partial charge in [-0.25, -0.2) is 9.59 Å². The first-order valence-corrected chi connectivity index (χ1v) is 6.61. The highest BCUT2D eigenvalue weighted by atomic mass is 79.9. The number of carboxylic acid groups (broad SMARTS) is 1. The SMILES string of the molecule is NC1CCN(C(=O)Nc2ccc(Br)c(C(=O)O)c2)C1. The van der Waals surface area contributed by atoms with Crippen LogP contribution >= 0.6 is 15.9 Å². The number of likely N-dealkylation sites (tertiary alicyclic amines) is 1. The van der Waals surface area contributed by atoms with Gasteiger partial charge in [0, 0.05) is 29.3 Å². The zero-order valence-electron chi connectivity index (χ0n) is 10.1. The minimum Gasteiger partial charge on any atom is -0.478 e. The lowest BCUT2D eigenvalue weighted by Gasteiger charge is -2.17. The zero-order valence-corrected chi connectivity index (χ0v) is 11.7. The number of urea groups is 1. The Balaban J connectivity index is 2.09. The predicted octanol–water partition coefficient (Wildman–Crippen LogP) is 1.71. The van der Waals surface area contributed by atoms with Gasteiger partial charge in [0.05, 0.1) is 5.56 Å². The molecule has 0 aliphatic carbocycles. The van der Waals surface area contributed by atoms with Crippen molar-refractivity contribution < 1.29 is 14.7 Å². The second-order valence-electron chi connectivity index (χ2n) is 4.42. The first-order chi connectivity index (χ1) is 8.97. The molecule has 1 aromatic rings. The van der Waals surface area contributed by atoms with E-state index in [1.807, 2.05) is 0 Å². The van der Waals surface area contributed by atoms with E-state index in [0.29, 0.717) is 23.2 Å². The van der Waals surface area contributed by atoms with Gasteiger partial charge in [-0.15, -0.1) is 0 Å². The molecule has 0 saturated carbocycles. The van der Waals surface area contributed by atoms with Crippen molar-refractivity contribution in [3.63, 3.8) is 0 Å². The lowest BCUT2D eigenvalue weighted by atomic mass is 10.2. The Morgan fingerprint density at radius 2 is 2.21 bits per heavy atom. The van der Waals surface area contributed by atoms with Crippen molar-refractivity contribution in [2.24, 2.45) is 5.73 Å². The van der Waals surface area contributed by atoms with Crippen LogP contribution in [-0.4, -0.2) is 41.1 Å². The van der Waals surface area contributed by atoms with E-state index in [-0.39, 0.29) is 17.6 Å². The van der Waals surface area contributed by atoms with Crippen LogP contribution in [0.2, 0.25) is 0 Å². The number of carbonyl (C=O) groups excluding carboxylic acids is 1. The van der Waals surface area contributed by atoms with Gasteiger partial charge in [-0.1, -0.05) is 0 Å². The number of aromatic carboxylic acids is 1. The van der Waals surface area contributed by atoms with Gasteiger partial charge in [-0.2, -0.15) is 0 Å². The molecule has 2 amide bonds. The number of hydrogen-bond donors (Lipinski definition) is 3. The van der Waals surface area contributed by atoms with Crippen molar-refractivity contribution in [1.29, 1.82) is 0 Å². The maximum Gasteiger partial charge on any atom is 0.336 e. The Morgan fingerprint density at radius 1 is 1.47 bits per heavy atom. The fourth-order valence-corrected chi connectivity index (χ4v) is 2.36. The molecule has 1 saturated heterocycles. The number of anilines is 1. The number of amides is 2. The maximum atomic E-state index is 11.9. The van der Waals surface area contributed by atoms with Crippen LogP contribution in [0.4, 0.5) is 10.5 Å². The molecule has 0 aromatic heterocycles. The summed E-state index contributed by atoms with van der Waals surface area (Å²) in [7, 11) is 0. The third-order valence-electron chi connectivity index (χ3n) is 2.96. The third-order valence-corrected chi connectivity index (χ3v) is 3.65. The van der Waals surface area contributed by atoms with E-state index in [0.717, 1.165) is 6.42 Å². The molecule has 1 aliphatic heterocycles. The summed E-state index contributed by atoms with van der Waals surface area (Å²) in [5.41, 5.74) is 6.29. The van der Waals surface area contributed by atoms with Gasteiger partial charge in [0.25, 0.3) is 0 Å². The van der Waals surface area contributed by atoms with Crippen molar-refractivity contribution in [1.82, 2.24) is 4.90 Å². The minimum atomic E-state index is -1.05. The standard InChI is InChI=1S/C12H14BrN3O3/c13-10-2-1-8(5-9(10)11(17)18)15-12(19)16-4-3-7(14)6-16/h1-2,5,7H,3-4,6,14H2,(H,15,19)(H,17,18). The summed E-state index contributed by atoms with van der Waals surface area (Å²) >= 11 is 3.15. The van der Waals surface area contributed by atoms with Crippen molar-refractivity contribution in [3.8, 4) is 0 Å². The highest BCUT2D eigenvalue weighted by molar-refractivity contribution is 9.10. The van der Waals surface area contributed by atoms with Crippen LogP contribution in [0.25, 0.3) is 0 Å². The third kappa shape index (κ3) is 3.24. The maximum absolute atomic E-state index is 11.9. The molecule has 1 atom stereocenters. The number of hydrogen-bond acceptors (Lipinski definition) is 3. The van der Waals surface area contributed by atoms with Crippen molar-refractivity contribution in [2.75, 3.05) is 18.4 Å². The van der Waals surface area contributed by atoms with Crippen molar-refractivity contribution in [3.05, 3.63) is 28.2 Å². The molecule has 0 spiro atoms. The summed E-state index contributed by atoms with van der Waals surface area (Å²) in [5, 5.41) is 11.7. The molecule has 7 heteroatoms. The summed E-state index contributed by atoms with van der Waals surface area (Å²) in [6.07, 6.45) is 0.786. The Labute approximate surface area is 118 Å². The number of nitrogens with two attached hydrogens (primary N) is 1. The average Bonchev–Trinajstić information content (AvgIpc) is 2.78. The Bertz CT molecular complexity index is 521. The number of rotatable bonds is 2. The largest absolute Gasteiger partial charge is 0.478 e. The normalized spacial score (nSPS) is 18.4. The van der Waals surface area contributed by atoms with E-state index in [2.05, 4.69) is 21.2 Å². The van der Waals surface area contributed by atoms with Crippen LogP contribution in [0.1, 0.15) is 16.8 Å². The van der Waals surface area contributed by atoms with Crippen LogP contribution in [0.3, 0.4) is 0 Å². The molecule has 1 fully saturated rings. The molecular weight excluding hydrogens is 314 g/mol. The molecule has 1 unspecified atom stereocenters. The fourth-order valence-electron chi connectivity index (χ4n) is 1.94. The summed E-state index contributed by atoms with van der Waals surface area (Å²) in [4.78, 5) is 24.5. The van der Waals surface area contributed by atoms with Gasteiger partial charge in [-0.3, -0.25) is 0 Å². The summed E-state index contributed by atoms with van der Waals surface area (Å²) in [6, 6.07) is 4.41. The monoisotopic (exact) mass is 327 g/mol. The molecular formula is C12H14BrN3O3. The average molecular weight is 328 g/mol. The van der Waals surface area contributed by atoms with E-state index in [1.165, 1.54) is 6.07 Å².